The lowest BCUT2D eigenvalue weighted by atomic mass is 10.3. The molecular weight excluding hydrogens is 905 g/mol. The molecule has 0 bridgehead atoms. The van der Waals surface area contributed by atoms with Gasteiger partial charge in [0.15, 0.2) is 19.4 Å². The van der Waals surface area contributed by atoms with Crippen LogP contribution in [0.2, 0.25) is 0 Å². The van der Waals surface area contributed by atoms with Crippen molar-refractivity contribution in [2.24, 2.45) is 4.99 Å². The van der Waals surface area contributed by atoms with Gasteiger partial charge in [-0.2, -0.15) is 28.6 Å². The molecule has 11 heterocycles. The van der Waals surface area contributed by atoms with Gasteiger partial charge in [-0.3, -0.25) is 4.99 Å². The van der Waals surface area contributed by atoms with Gasteiger partial charge in [0.2, 0.25) is 0 Å². The number of thioether (sulfide) groups is 3. The van der Waals surface area contributed by atoms with Crippen LogP contribution in [-0.2, 0) is 9.47 Å². The van der Waals surface area contributed by atoms with Gasteiger partial charge in [0, 0.05) is 18.2 Å². The largest absolute Gasteiger partial charge is 0.479 e. The molecule has 2 saturated heterocycles. The zero-order valence-corrected chi connectivity index (χ0v) is 38.5. The van der Waals surface area contributed by atoms with E-state index >= 15 is 0 Å². The molecule has 0 amide bonds. The van der Waals surface area contributed by atoms with Crippen LogP contribution in [0.3, 0.4) is 0 Å². The van der Waals surface area contributed by atoms with Crippen molar-refractivity contribution in [2.45, 2.75) is 44.9 Å². The molecule has 24 nitrogen and oxygen atoms in total. The first-order valence-corrected chi connectivity index (χ1v) is 23.2. The van der Waals surface area contributed by atoms with Crippen LogP contribution in [0.1, 0.15) is 44.9 Å². The van der Waals surface area contributed by atoms with Gasteiger partial charge in [0.05, 0.1) is 49.8 Å². The van der Waals surface area contributed by atoms with Gasteiger partial charge >= 0.3 is 0 Å². The van der Waals surface area contributed by atoms with Crippen molar-refractivity contribution in [3.05, 3.63) is 155 Å². The Labute approximate surface area is 396 Å². The highest BCUT2D eigenvalue weighted by atomic mass is 32.2. The summed E-state index contributed by atoms with van der Waals surface area (Å²) in [6, 6.07) is 1.72. The maximum absolute atomic E-state index is 4.71. The Morgan fingerprint density at radius 2 is 0.924 bits per heavy atom. The molecule has 11 rings (SSSR count). The molecule has 66 heavy (non-hydrogen) atoms. The van der Waals surface area contributed by atoms with Gasteiger partial charge in [0.25, 0.3) is 0 Å². The fourth-order valence-electron chi connectivity index (χ4n) is 3.46. The summed E-state index contributed by atoms with van der Waals surface area (Å²) in [5, 5.41) is 55.5. The average Bonchev–Trinajstić information content (AvgIpc) is 3.48. The number of aliphatic imine (C=N–C) groups is 1. The van der Waals surface area contributed by atoms with E-state index in [9.17, 15) is 0 Å². The topological polar surface area (TPSA) is 302 Å². The lowest BCUT2D eigenvalue weighted by Crippen LogP contribution is -1.91. The van der Waals surface area contributed by atoms with Crippen LogP contribution < -0.4 is 0 Å². The number of allylic oxidation sites excluding steroid dienone is 5. The van der Waals surface area contributed by atoms with Crippen LogP contribution in [0, 0.1) is 0 Å². The summed E-state index contributed by atoms with van der Waals surface area (Å²) in [7, 11) is 0. The van der Waals surface area contributed by atoms with Crippen molar-refractivity contribution in [3.8, 4) is 0 Å². The smallest absolute Gasteiger partial charge is 0.178 e. The Balaban J connectivity index is 0.000000363. The van der Waals surface area contributed by atoms with Crippen molar-refractivity contribution in [1.82, 2.24) is 107 Å². The van der Waals surface area contributed by atoms with Crippen LogP contribution in [0.5, 0.6) is 0 Å². The highest BCUT2D eigenvalue weighted by Gasteiger charge is 1.96. The summed E-state index contributed by atoms with van der Waals surface area (Å²) in [6.45, 7) is 0.483. The predicted molar refractivity (Wildman–Crippen MR) is 253 cm³/mol. The summed E-state index contributed by atoms with van der Waals surface area (Å²) in [6.07, 6.45) is 48.5. The SMILES string of the molecule is C1=CCSC=C1.C1=COC=CC1.C1=COCN=C1.C1CCSCC1.C1CCSCC1.c1cnncn1.c1cnnnc1.c1cnnnn1.c1ncncn1.c1ncnnn1.c1nncnn1. The first-order chi connectivity index (χ1) is 33.0. The third-order valence-corrected chi connectivity index (χ3v) is 9.19. The van der Waals surface area contributed by atoms with Gasteiger partial charge in [-0.15, -0.1) is 67.8 Å². The molecule has 2 fully saturated rings. The fourth-order valence-corrected chi connectivity index (χ4v) is 6.03. The Hall–Kier alpha value is -7.13. The molecule has 348 valence electrons. The average molecular weight is 957 g/mol. The quantitative estimate of drug-likeness (QED) is 0.193. The molecule has 0 atom stereocenters. The van der Waals surface area contributed by atoms with Crippen LogP contribution in [-0.4, -0.2) is 149 Å². The molecule has 0 saturated carbocycles. The van der Waals surface area contributed by atoms with Crippen LogP contribution in [0.4, 0.5) is 0 Å². The Morgan fingerprint density at radius 1 is 0.394 bits per heavy atom. The molecule has 5 aliphatic heterocycles. The van der Waals surface area contributed by atoms with Crippen LogP contribution in [0.25, 0.3) is 0 Å². The maximum Gasteiger partial charge on any atom is 0.178 e. The van der Waals surface area contributed by atoms with E-state index < -0.39 is 0 Å². The highest BCUT2D eigenvalue weighted by Crippen LogP contribution is 2.15. The second kappa shape index (κ2) is 54.0. The van der Waals surface area contributed by atoms with E-state index in [4.69, 9.17) is 9.47 Å². The number of ether oxygens (including phenoxy) is 2. The number of aromatic nitrogens is 21. The third-order valence-electron chi connectivity index (χ3n) is 6.14. The molecule has 0 aromatic carbocycles. The zero-order valence-electron chi connectivity index (χ0n) is 36.1. The summed E-state index contributed by atoms with van der Waals surface area (Å²) >= 11 is 6.02. The van der Waals surface area contributed by atoms with E-state index in [1.54, 1.807) is 55.7 Å². The normalized spacial score (nSPS) is 13.6. The maximum atomic E-state index is 4.71. The summed E-state index contributed by atoms with van der Waals surface area (Å²) < 4.78 is 9.40. The van der Waals surface area contributed by atoms with Gasteiger partial charge in [0.1, 0.15) is 38.0 Å². The third kappa shape index (κ3) is 51.2. The molecule has 5 aliphatic rings. The van der Waals surface area contributed by atoms with E-state index in [2.05, 4.69) is 153 Å². The standard InChI is InChI=1S/C5H6O.2C5H10S.C5H6S.C4H5NO.3C3H3N3.3C2H2N4/c4*1-2-4-6-5-3-1;1-2-5-4-6-3-1;1-4-2-6-3-5-1;1-2-5-6-3-4-1;1-2-4-6-5-3-1;1-3-5-2-6-4-1;1-3-2-5-6-4-1;1-2-4-6-5-3-1/h2-5H,1H2;2*1-5H2;1-4H,5H2;1-3H,4H2;3*1-3H;3*1-2H. The van der Waals surface area contributed by atoms with E-state index in [0.29, 0.717) is 6.73 Å². The van der Waals surface area contributed by atoms with Gasteiger partial charge in [-0.05, 0) is 106 Å². The van der Waals surface area contributed by atoms with Crippen LogP contribution >= 0.6 is 35.3 Å². The Kier molecular flexibility index (Phi) is 46.5. The predicted octanol–water partition coefficient (Wildman–Crippen LogP) is 5.02. The molecular formula is C39H52N22O2S3. The minimum Gasteiger partial charge on any atom is -0.479 e. The van der Waals surface area contributed by atoms with E-state index in [-0.39, 0.29) is 0 Å². The monoisotopic (exact) mass is 956 g/mol. The van der Waals surface area contributed by atoms with Crippen molar-refractivity contribution in [3.63, 3.8) is 0 Å². The second-order valence-electron chi connectivity index (χ2n) is 11.0. The Morgan fingerprint density at radius 3 is 1.08 bits per heavy atom. The number of rotatable bonds is 0. The zero-order chi connectivity index (χ0) is 46.7. The lowest BCUT2D eigenvalue weighted by molar-refractivity contribution is 0.259. The first kappa shape index (κ1) is 56.9. The van der Waals surface area contributed by atoms with Crippen molar-refractivity contribution in [2.75, 3.05) is 35.5 Å². The molecule has 27 heteroatoms. The van der Waals surface area contributed by atoms with E-state index in [0.717, 1.165) is 12.2 Å². The van der Waals surface area contributed by atoms with Crippen LogP contribution in [0.15, 0.2) is 160 Å². The first-order valence-electron chi connectivity index (χ1n) is 19.8. The number of hydrogen-bond donors (Lipinski definition) is 0. The van der Waals surface area contributed by atoms with Gasteiger partial charge in [-0.1, -0.05) is 31.1 Å². The summed E-state index contributed by atoms with van der Waals surface area (Å²) in [5.41, 5.74) is 0. The molecule has 6 aromatic heterocycles. The number of hydrogen-bond acceptors (Lipinski definition) is 27. The van der Waals surface area contributed by atoms with Gasteiger partial charge < -0.3 is 9.47 Å². The fraction of sp³-hybridized carbons (Fsp3) is 0.333. The Bertz CT molecular complexity index is 1430. The van der Waals surface area contributed by atoms with Crippen molar-refractivity contribution >= 4 is 41.5 Å². The minimum atomic E-state index is 0.483. The highest BCUT2D eigenvalue weighted by molar-refractivity contribution is 8.02. The molecule has 0 unspecified atom stereocenters. The second-order valence-corrected chi connectivity index (χ2v) is 14.4. The molecule has 0 N–H and O–H groups in total. The van der Waals surface area contributed by atoms with Crippen molar-refractivity contribution < 1.29 is 9.47 Å². The molecule has 6 aromatic rings. The lowest BCUT2D eigenvalue weighted by Gasteiger charge is -2.05. The van der Waals surface area contributed by atoms with Crippen molar-refractivity contribution in [1.29, 1.82) is 0 Å². The van der Waals surface area contributed by atoms with Gasteiger partial charge in [-0.25, -0.2) is 24.9 Å². The molecule has 0 spiro atoms. The van der Waals surface area contributed by atoms with E-state index in [1.165, 1.54) is 131 Å². The number of nitrogens with zero attached hydrogens (tertiary/aromatic N) is 22. The summed E-state index contributed by atoms with van der Waals surface area (Å²) in [4.78, 5) is 21.5. The minimum absolute atomic E-state index is 0.483. The summed E-state index contributed by atoms with van der Waals surface area (Å²) in [5.74, 6) is 6.82. The molecule has 0 aliphatic carbocycles. The molecule has 0 radical (unpaired) electrons. The van der Waals surface area contributed by atoms with E-state index in [1.807, 2.05) is 30.0 Å².